The zero-order valence-electron chi connectivity index (χ0n) is 14.6. The molecule has 2 aromatic carbocycles. The van der Waals surface area contributed by atoms with Gasteiger partial charge in [-0.15, -0.1) is 0 Å². The van der Waals surface area contributed by atoms with Crippen LogP contribution in [0.1, 0.15) is 17.2 Å². The third kappa shape index (κ3) is 6.67. The van der Waals surface area contributed by atoms with Gasteiger partial charge >= 0.3 is 12.6 Å². The van der Waals surface area contributed by atoms with Crippen molar-refractivity contribution in [3.8, 4) is 5.75 Å². The smallest absolute Gasteiger partial charge is 0.387 e. The average Bonchev–Trinajstić information content (AvgIpc) is 2.66. The van der Waals surface area contributed by atoms with Gasteiger partial charge in [0, 0.05) is 7.11 Å². The molecule has 0 aliphatic carbocycles. The Hall–Kier alpha value is -3.00. The number of hydrogen-bond acceptors (Lipinski definition) is 5. The average molecular weight is 379 g/mol. The summed E-state index contributed by atoms with van der Waals surface area (Å²) < 4.78 is 38.3. The van der Waals surface area contributed by atoms with Crippen LogP contribution < -0.4 is 10.1 Å². The van der Waals surface area contributed by atoms with Gasteiger partial charge in [0.05, 0.1) is 6.04 Å². The van der Waals surface area contributed by atoms with E-state index in [2.05, 4.69) is 14.8 Å². The van der Waals surface area contributed by atoms with Crippen molar-refractivity contribution < 1.29 is 32.6 Å². The minimum Gasteiger partial charge on any atom is -0.454 e. The van der Waals surface area contributed by atoms with Crippen LogP contribution in [0.2, 0.25) is 0 Å². The number of carbonyl (C=O) groups is 2. The van der Waals surface area contributed by atoms with E-state index in [4.69, 9.17) is 4.74 Å². The Bertz CT molecular complexity index is 738. The fourth-order valence-corrected chi connectivity index (χ4v) is 2.35. The van der Waals surface area contributed by atoms with Crippen molar-refractivity contribution in [1.29, 1.82) is 0 Å². The summed E-state index contributed by atoms with van der Waals surface area (Å²) in [5.74, 6) is -1.15. The van der Waals surface area contributed by atoms with Crippen molar-refractivity contribution in [3.05, 3.63) is 65.7 Å². The second-order valence-corrected chi connectivity index (χ2v) is 5.45. The highest BCUT2D eigenvalue weighted by Crippen LogP contribution is 2.24. The van der Waals surface area contributed by atoms with Gasteiger partial charge in [0.1, 0.15) is 12.4 Å². The molecule has 1 atom stereocenters. The zero-order chi connectivity index (χ0) is 19.6. The van der Waals surface area contributed by atoms with E-state index in [9.17, 15) is 18.4 Å². The maximum atomic E-state index is 12.3. The monoisotopic (exact) mass is 379 g/mol. The minimum atomic E-state index is -2.91. The molecule has 0 spiro atoms. The van der Waals surface area contributed by atoms with Crippen LogP contribution in [-0.2, 0) is 19.1 Å². The Balaban J connectivity index is 2.12. The Morgan fingerprint density at radius 3 is 2.19 bits per heavy atom. The topological polar surface area (TPSA) is 73.9 Å². The molecule has 27 heavy (non-hydrogen) atoms. The fourth-order valence-electron chi connectivity index (χ4n) is 2.35. The van der Waals surface area contributed by atoms with Crippen molar-refractivity contribution in [2.75, 3.05) is 20.3 Å². The summed E-state index contributed by atoms with van der Waals surface area (Å²) in [5, 5.41) is 2.76. The van der Waals surface area contributed by atoms with Crippen LogP contribution in [-0.4, -0.2) is 38.8 Å². The lowest BCUT2D eigenvalue weighted by Gasteiger charge is -2.20. The SMILES string of the molecule is COCC(=O)OCC(=O)N[C@@H](c1ccccc1)c1ccc(OC(F)F)cc1. The third-order valence-electron chi connectivity index (χ3n) is 3.50. The standard InChI is InChI=1S/C19H19F2NO5/c1-25-12-17(24)26-11-16(23)22-18(13-5-3-2-4-6-13)14-7-9-15(10-8-14)27-19(20)21/h2-10,18-19H,11-12H2,1H3,(H,22,23)/t18-/m0/s1. The molecule has 0 bridgehead atoms. The molecule has 8 heteroatoms. The second kappa shape index (κ2) is 10.2. The molecular formula is C19H19F2NO5. The predicted molar refractivity (Wildman–Crippen MR) is 92.3 cm³/mol. The van der Waals surface area contributed by atoms with Crippen molar-refractivity contribution >= 4 is 11.9 Å². The molecule has 0 saturated heterocycles. The number of esters is 1. The maximum Gasteiger partial charge on any atom is 0.387 e. The number of hydrogen-bond donors (Lipinski definition) is 1. The largest absolute Gasteiger partial charge is 0.454 e. The van der Waals surface area contributed by atoms with Crippen LogP contribution in [0.3, 0.4) is 0 Å². The number of benzene rings is 2. The molecule has 0 aliphatic heterocycles. The van der Waals surface area contributed by atoms with Crippen molar-refractivity contribution in [2.45, 2.75) is 12.7 Å². The van der Waals surface area contributed by atoms with Gasteiger partial charge in [-0.1, -0.05) is 42.5 Å². The lowest BCUT2D eigenvalue weighted by molar-refractivity contribution is -0.152. The minimum absolute atomic E-state index is 0.0142. The van der Waals surface area contributed by atoms with E-state index in [0.29, 0.717) is 5.56 Å². The van der Waals surface area contributed by atoms with Gasteiger partial charge in [-0.3, -0.25) is 4.79 Å². The van der Waals surface area contributed by atoms with Gasteiger partial charge in [0.15, 0.2) is 6.61 Å². The van der Waals surface area contributed by atoms with E-state index >= 15 is 0 Å². The summed E-state index contributed by atoms with van der Waals surface area (Å²) in [5.41, 5.74) is 1.43. The summed E-state index contributed by atoms with van der Waals surface area (Å²) in [6.07, 6.45) is 0. The maximum absolute atomic E-state index is 12.3. The molecule has 1 N–H and O–H groups in total. The molecule has 0 unspecified atom stereocenters. The Kier molecular flexibility index (Phi) is 7.69. The van der Waals surface area contributed by atoms with Crippen molar-refractivity contribution in [3.63, 3.8) is 0 Å². The van der Waals surface area contributed by atoms with Crippen molar-refractivity contribution in [1.82, 2.24) is 5.32 Å². The van der Waals surface area contributed by atoms with Crippen molar-refractivity contribution in [2.24, 2.45) is 0 Å². The van der Waals surface area contributed by atoms with Gasteiger partial charge in [0.25, 0.3) is 5.91 Å². The molecule has 0 aliphatic rings. The number of alkyl halides is 2. The first kappa shape index (κ1) is 20.3. The third-order valence-corrected chi connectivity index (χ3v) is 3.50. The molecule has 0 aromatic heterocycles. The van der Waals surface area contributed by atoms with E-state index in [1.165, 1.54) is 19.2 Å². The quantitative estimate of drug-likeness (QED) is 0.678. The lowest BCUT2D eigenvalue weighted by atomic mass is 9.98. The zero-order valence-corrected chi connectivity index (χ0v) is 14.6. The van der Waals surface area contributed by atoms with Gasteiger partial charge < -0.3 is 19.5 Å². The number of rotatable bonds is 9. The molecule has 0 heterocycles. The normalized spacial score (nSPS) is 11.7. The van der Waals surface area contributed by atoms with Gasteiger partial charge in [-0.2, -0.15) is 8.78 Å². The van der Waals surface area contributed by atoms with Gasteiger partial charge in [-0.25, -0.2) is 4.79 Å². The van der Waals surface area contributed by atoms with E-state index in [1.54, 1.807) is 24.3 Å². The first-order valence-electron chi connectivity index (χ1n) is 8.03. The van der Waals surface area contributed by atoms with E-state index < -0.39 is 31.1 Å². The first-order chi connectivity index (χ1) is 13.0. The van der Waals surface area contributed by atoms with Crippen LogP contribution in [0.5, 0.6) is 5.75 Å². The second-order valence-electron chi connectivity index (χ2n) is 5.45. The van der Waals surface area contributed by atoms with Crippen LogP contribution in [0.4, 0.5) is 8.78 Å². The first-order valence-corrected chi connectivity index (χ1v) is 8.03. The Morgan fingerprint density at radius 2 is 1.59 bits per heavy atom. The number of carbonyl (C=O) groups excluding carboxylic acids is 2. The molecule has 2 aromatic rings. The van der Waals surface area contributed by atoms with Gasteiger partial charge in [0.2, 0.25) is 0 Å². The number of halogens is 2. The molecule has 1 amide bonds. The summed E-state index contributed by atoms with van der Waals surface area (Å²) in [4.78, 5) is 23.5. The molecule has 0 saturated carbocycles. The van der Waals surface area contributed by atoms with Crippen LogP contribution in [0.15, 0.2) is 54.6 Å². The highest BCUT2D eigenvalue weighted by Gasteiger charge is 2.18. The van der Waals surface area contributed by atoms with E-state index in [0.717, 1.165) is 5.56 Å². The molecule has 144 valence electrons. The lowest BCUT2D eigenvalue weighted by Crippen LogP contribution is -2.33. The highest BCUT2D eigenvalue weighted by molar-refractivity contribution is 5.81. The summed E-state index contributed by atoms with van der Waals surface area (Å²) >= 11 is 0. The highest BCUT2D eigenvalue weighted by atomic mass is 19.3. The van der Waals surface area contributed by atoms with Crippen LogP contribution >= 0.6 is 0 Å². The van der Waals surface area contributed by atoms with Crippen LogP contribution in [0.25, 0.3) is 0 Å². The molecule has 0 radical (unpaired) electrons. The number of methoxy groups -OCH3 is 1. The van der Waals surface area contributed by atoms with Crippen LogP contribution in [0, 0.1) is 0 Å². The number of nitrogens with one attached hydrogen (secondary N) is 1. The molecule has 2 rings (SSSR count). The van der Waals surface area contributed by atoms with Gasteiger partial charge in [-0.05, 0) is 23.3 Å². The summed E-state index contributed by atoms with van der Waals surface area (Å²) in [6.45, 7) is -3.62. The van der Waals surface area contributed by atoms with E-state index in [-0.39, 0.29) is 12.4 Å². The predicted octanol–water partition coefficient (Wildman–Crippen LogP) is 2.68. The fraction of sp³-hybridized carbons (Fsp3) is 0.263. The number of amides is 1. The molecule has 0 fully saturated rings. The Morgan fingerprint density at radius 1 is 0.963 bits per heavy atom. The van der Waals surface area contributed by atoms with E-state index in [1.807, 2.05) is 18.2 Å². The summed E-state index contributed by atoms with van der Waals surface area (Å²) in [6, 6.07) is 14.4. The molecule has 6 nitrogen and oxygen atoms in total. The summed E-state index contributed by atoms with van der Waals surface area (Å²) in [7, 11) is 1.34. The number of ether oxygens (including phenoxy) is 3. The molecular weight excluding hydrogens is 360 g/mol. The Labute approximate surface area is 155 Å².